The third-order valence-electron chi connectivity index (χ3n) is 3.29. The number of hydrazone groups is 1. The van der Waals surface area contributed by atoms with Crippen LogP contribution in [0.4, 0.5) is 5.95 Å². The third kappa shape index (κ3) is 4.49. The van der Waals surface area contributed by atoms with Gasteiger partial charge in [0, 0.05) is 11.5 Å². The molecule has 1 aliphatic rings. The minimum Gasteiger partial charge on any atom is -0.493 e. The summed E-state index contributed by atoms with van der Waals surface area (Å²) in [5.74, 6) is 2.26. The number of thioether (sulfide) groups is 1. The largest absolute Gasteiger partial charge is 0.493 e. The molecule has 7 heteroatoms. The number of benzene rings is 1. The van der Waals surface area contributed by atoms with E-state index < -0.39 is 0 Å². The zero-order valence-electron chi connectivity index (χ0n) is 12.3. The highest BCUT2D eigenvalue weighted by Crippen LogP contribution is 2.17. The van der Waals surface area contributed by atoms with Gasteiger partial charge in [0.15, 0.2) is 0 Å². The lowest BCUT2D eigenvalue weighted by molar-refractivity contribution is 0.344. The Kier molecular flexibility index (Phi) is 5.31. The minimum absolute atomic E-state index is 0.589. The molecule has 1 fully saturated rings. The van der Waals surface area contributed by atoms with E-state index in [0.717, 1.165) is 24.3 Å². The Hall–Kier alpha value is -2.02. The standard InChI is InChI=1S/C15H19N5OS/c1-2-8-13(9-3-1)21-10-11-22-15-16-14(19-20-15)18-17-12-6-4-5-7-12/h1-3,8-9H,4-7,10-11H2,(H2,16,18,19,20). The summed E-state index contributed by atoms with van der Waals surface area (Å²) in [4.78, 5) is 4.34. The molecule has 1 aliphatic carbocycles. The maximum atomic E-state index is 5.63. The molecular formula is C15H19N5OS. The van der Waals surface area contributed by atoms with Crippen LogP contribution in [0.5, 0.6) is 5.75 Å². The summed E-state index contributed by atoms with van der Waals surface area (Å²) in [7, 11) is 0. The van der Waals surface area contributed by atoms with Crippen molar-refractivity contribution in [1.29, 1.82) is 0 Å². The summed E-state index contributed by atoms with van der Waals surface area (Å²) in [6.45, 7) is 0.619. The van der Waals surface area contributed by atoms with Crippen molar-refractivity contribution in [1.82, 2.24) is 15.2 Å². The van der Waals surface area contributed by atoms with Crippen LogP contribution in [0.1, 0.15) is 25.7 Å². The molecule has 1 aromatic heterocycles. The lowest BCUT2D eigenvalue weighted by Gasteiger charge is -2.03. The SMILES string of the molecule is c1ccc(OCCSc2n[nH]c(NN=C3CCCC3)n2)cc1. The Labute approximate surface area is 133 Å². The van der Waals surface area contributed by atoms with Gasteiger partial charge in [0.2, 0.25) is 11.1 Å². The van der Waals surface area contributed by atoms with Crippen LogP contribution in [0.2, 0.25) is 0 Å². The van der Waals surface area contributed by atoms with Crippen LogP contribution in [-0.4, -0.2) is 33.3 Å². The molecule has 0 bridgehead atoms. The van der Waals surface area contributed by atoms with Crippen molar-refractivity contribution in [3.63, 3.8) is 0 Å². The molecule has 3 rings (SSSR count). The predicted molar refractivity (Wildman–Crippen MR) is 88.6 cm³/mol. The van der Waals surface area contributed by atoms with Crippen molar-refractivity contribution in [2.45, 2.75) is 30.8 Å². The number of aromatic nitrogens is 3. The average Bonchev–Trinajstić information content (AvgIpc) is 3.22. The van der Waals surface area contributed by atoms with Gasteiger partial charge in [0.1, 0.15) is 5.75 Å². The Bertz CT molecular complexity index is 605. The molecule has 0 aliphatic heterocycles. The van der Waals surface area contributed by atoms with Gasteiger partial charge in [-0.2, -0.15) is 10.1 Å². The van der Waals surface area contributed by atoms with E-state index in [1.807, 2.05) is 30.3 Å². The quantitative estimate of drug-likeness (QED) is 0.465. The van der Waals surface area contributed by atoms with E-state index >= 15 is 0 Å². The Morgan fingerprint density at radius 1 is 1.23 bits per heavy atom. The Morgan fingerprint density at radius 2 is 2.05 bits per heavy atom. The number of rotatable bonds is 7. The van der Waals surface area contributed by atoms with Crippen LogP contribution in [0.3, 0.4) is 0 Å². The summed E-state index contributed by atoms with van der Waals surface area (Å²) in [5, 5.41) is 12.0. The van der Waals surface area contributed by atoms with E-state index in [2.05, 4.69) is 25.7 Å². The molecule has 1 aromatic carbocycles. The highest BCUT2D eigenvalue weighted by Gasteiger charge is 2.08. The summed E-state index contributed by atoms with van der Waals surface area (Å²) >= 11 is 1.55. The van der Waals surface area contributed by atoms with Gasteiger partial charge in [-0.1, -0.05) is 30.0 Å². The Balaban J connectivity index is 1.39. The van der Waals surface area contributed by atoms with Crippen molar-refractivity contribution in [3.05, 3.63) is 30.3 Å². The fourth-order valence-electron chi connectivity index (χ4n) is 2.20. The smallest absolute Gasteiger partial charge is 0.240 e. The van der Waals surface area contributed by atoms with Crippen LogP contribution in [0.25, 0.3) is 0 Å². The van der Waals surface area contributed by atoms with Gasteiger partial charge < -0.3 is 4.74 Å². The molecule has 2 N–H and O–H groups in total. The first-order valence-electron chi connectivity index (χ1n) is 7.45. The molecule has 0 spiro atoms. The number of anilines is 1. The summed E-state index contributed by atoms with van der Waals surface area (Å²) in [6.07, 6.45) is 4.64. The highest BCUT2D eigenvalue weighted by molar-refractivity contribution is 7.99. The second kappa shape index (κ2) is 7.84. The molecule has 6 nitrogen and oxygen atoms in total. The lowest BCUT2D eigenvalue weighted by atomic mass is 10.3. The van der Waals surface area contributed by atoms with Gasteiger partial charge in [0.05, 0.1) is 6.61 Å². The zero-order valence-corrected chi connectivity index (χ0v) is 13.1. The normalized spacial score (nSPS) is 14.1. The molecule has 0 amide bonds. The van der Waals surface area contributed by atoms with Crippen LogP contribution >= 0.6 is 11.8 Å². The number of hydrogen-bond donors (Lipinski definition) is 2. The van der Waals surface area contributed by atoms with Crippen molar-refractivity contribution in [2.75, 3.05) is 17.8 Å². The van der Waals surface area contributed by atoms with E-state index in [1.54, 1.807) is 11.8 Å². The second-order valence-corrected chi connectivity index (χ2v) is 6.04. The molecule has 0 saturated heterocycles. The van der Waals surface area contributed by atoms with E-state index in [0.29, 0.717) is 17.7 Å². The van der Waals surface area contributed by atoms with Gasteiger partial charge in [-0.25, -0.2) is 10.5 Å². The van der Waals surface area contributed by atoms with Gasteiger partial charge in [-0.05, 0) is 37.8 Å². The van der Waals surface area contributed by atoms with Crippen molar-refractivity contribution in [2.24, 2.45) is 5.10 Å². The van der Waals surface area contributed by atoms with E-state index in [4.69, 9.17) is 4.74 Å². The average molecular weight is 317 g/mol. The first-order chi connectivity index (χ1) is 10.9. The van der Waals surface area contributed by atoms with E-state index in [1.165, 1.54) is 18.6 Å². The van der Waals surface area contributed by atoms with Gasteiger partial charge in [-0.3, -0.25) is 0 Å². The van der Waals surface area contributed by atoms with Gasteiger partial charge >= 0.3 is 0 Å². The number of para-hydroxylation sites is 1. The van der Waals surface area contributed by atoms with Crippen molar-refractivity contribution in [3.8, 4) is 5.75 Å². The molecule has 2 aromatic rings. The summed E-state index contributed by atoms with van der Waals surface area (Å²) in [6, 6.07) is 9.78. The summed E-state index contributed by atoms with van der Waals surface area (Å²) < 4.78 is 5.63. The maximum absolute atomic E-state index is 5.63. The van der Waals surface area contributed by atoms with Crippen molar-refractivity contribution < 1.29 is 4.74 Å². The molecule has 0 radical (unpaired) electrons. The Morgan fingerprint density at radius 3 is 2.86 bits per heavy atom. The van der Waals surface area contributed by atoms with E-state index in [9.17, 15) is 0 Å². The maximum Gasteiger partial charge on any atom is 0.240 e. The monoisotopic (exact) mass is 317 g/mol. The van der Waals surface area contributed by atoms with Crippen molar-refractivity contribution >= 4 is 23.4 Å². The summed E-state index contributed by atoms with van der Waals surface area (Å²) in [5.41, 5.74) is 4.15. The number of H-pyrrole nitrogens is 1. The highest BCUT2D eigenvalue weighted by atomic mass is 32.2. The molecule has 0 unspecified atom stereocenters. The fraction of sp³-hybridized carbons (Fsp3) is 0.400. The third-order valence-corrected chi connectivity index (χ3v) is 4.10. The van der Waals surface area contributed by atoms with Crippen LogP contribution in [-0.2, 0) is 0 Å². The van der Waals surface area contributed by atoms with E-state index in [-0.39, 0.29) is 0 Å². The molecular weight excluding hydrogens is 298 g/mol. The number of aromatic amines is 1. The lowest BCUT2D eigenvalue weighted by Crippen LogP contribution is -2.00. The molecule has 1 heterocycles. The molecule has 22 heavy (non-hydrogen) atoms. The van der Waals surface area contributed by atoms with Crippen LogP contribution in [0.15, 0.2) is 40.6 Å². The van der Waals surface area contributed by atoms with Gasteiger partial charge in [0.25, 0.3) is 0 Å². The minimum atomic E-state index is 0.589. The topological polar surface area (TPSA) is 75.2 Å². The molecule has 1 saturated carbocycles. The number of ether oxygens (including phenoxy) is 1. The first kappa shape index (κ1) is 14.9. The van der Waals surface area contributed by atoms with Gasteiger partial charge in [-0.15, -0.1) is 5.10 Å². The van der Waals surface area contributed by atoms with Crippen LogP contribution < -0.4 is 10.2 Å². The molecule has 0 atom stereocenters. The second-order valence-electron chi connectivity index (χ2n) is 4.97. The van der Waals surface area contributed by atoms with Crippen LogP contribution in [0, 0.1) is 0 Å². The zero-order chi connectivity index (χ0) is 15.0. The number of nitrogens with zero attached hydrogens (tertiary/aromatic N) is 3. The number of hydrogen-bond acceptors (Lipinski definition) is 6. The first-order valence-corrected chi connectivity index (χ1v) is 8.43. The predicted octanol–water partition coefficient (Wildman–Crippen LogP) is 3.32. The molecule has 116 valence electrons. The number of nitrogens with one attached hydrogen (secondary N) is 2. The fourth-order valence-corrected chi connectivity index (χ4v) is 2.81.